The average molecular weight is 558 g/mol. The second-order valence-electron chi connectivity index (χ2n) is 9.68. The number of aromatic nitrogens is 4. The first-order valence-electron chi connectivity index (χ1n) is 12.6. The lowest BCUT2D eigenvalue weighted by Gasteiger charge is -2.27. The zero-order valence-corrected chi connectivity index (χ0v) is 22.2. The quantitative estimate of drug-likeness (QED) is 0.145. The largest absolute Gasteiger partial charge is 0.653 e. The fourth-order valence-corrected chi connectivity index (χ4v) is 5.55. The topological polar surface area (TPSA) is 175 Å². The first-order chi connectivity index (χ1) is 18.7. The highest BCUT2D eigenvalue weighted by Crippen LogP contribution is 2.42. The van der Waals surface area contributed by atoms with Gasteiger partial charge in [-0.25, -0.2) is 4.98 Å². The smallest absolute Gasteiger partial charge is 0.461 e. The van der Waals surface area contributed by atoms with Crippen LogP contribution in [-0.4, -0.2) is 60.3 Å². The third kappa shape index (κ3) is 5.57. The van der Waals surface area contributed by atoms with Crippen molar-refractivity contribution in [2.75, 3.05) is 12.3 Å². The van der Waals surface area contributed by atoms with E-state index < -0.39 is 43.8 Å². The number of nitrogens with zero attached hydrogens (tertiary/aromatic N) is 4. The van der Waals surface area contributed by atoms with Gasteiger partial charge >= 0.3 is 14.1 Å². The molecule has 4 N–H and O–H groups in total. The van der Waals surface area contributed by atoms with E-state index in [9.17, 15) is 19.3 Å². The lowest BCUT2D eigenvalue weighted by Crippen LogP contribution is -2.40. The Morgan fingerprint density at radius 1 is 1.36 bits per heavy atom. The maximum Gasteiger partial charge on any atom is 0.653 e. The highest BCUT2D eigenvalue weighted by molar-refractivity contribution is 7.36. The molecule has 39 heavy (non-hydrogen) atoms. The Bertz CT molecular complexity index is 1440. The van der Waals surface area contributed by atoms with Gasteiger partial charge in [-0.2, -0.15) is 4.98 Å². The maximum absolute atomic E-state index is 13.3. The van der Waals surface area contributed by atoms with Crippen LogP contribution in [0.2, 0.25) is 0 Å². The van der Waals surface area contributed by atoms with E-state index in [1.807, 2.05) is 0 Å². The van der Waals surface area contributed by atoms with Crippen LogP contribution < -0.4 is 16.1 Å². The number of imidazole rings is 1. The summed E-state index contributed by atoms with van der Waals surface area (Å²) in [4.78, 5) is 42.4. The van der Waals surface area contributed by atoms with Crippen LogP contribution in [0.4, 0.5) is 5.95 Å². The third-order valence-corrected chi connectivity index (χ3v) is 8.21. The highest BCUT2D eigenvalue weighted by Gasteiger charge is 2.46. The van der Waals surface area contributed by atoms with Crippen molar-refractivity contribution in [1.29, 1.82) is 0 Å². The molecule has 13 nitrogen and oxygen atoms in total. The van der Waals surface area contributed by atoms with Crippen molar-refractivity contribution >= 4 is 31.3 Å². The molecule has 2 heterocycles. The number of ether oxygens (including phenoxy) is 1. The van der Waals surface area contributed by atoms with Crippen LogP contribution in [0.15, 0.2) is 53.6 Å². The van der Waals surface area contributed by atoms with Crippen molar-refractivity contribution in [3.8, 4) is 5.75 Å². The van der Waals surface area contributed by atoms with E-state index in [1.165, 1.54) is 13.3 Å². The van der Waals surface area contributed by atoms with Gasteiger partial charge in [0.15, 0.2) is 23.0 Å². The van der Waals surface area contributed by atoms with Gasteiger partial charge in [0.1, 0.15) is 17.5 Å². The van der Waals surface area contributed by atoms with Crippen molar-refractivity contribution in [2.24, 2.45) is 5.92 Å². The number of aliphatic hydroxyl groups excluding tert-OH is 1. The Hall–Kier alpha value is -3.64. The number of aromatic amines is 1. The van der Waals surface area contributed by atoms with Gasteiger partial charge in [0.25, 0.3) is 5.56 Å². The molecular formula is C25H30N6O7P+. The molecule has 206 valence electrons. The molecule has 1 aromatic carbocycles. The molecule has 0 saturated heterocycles. The van der Waals surface area contributed by atoms with Gasteiger partial charge in [-0.1, -0.05) is 24.8 Å². The molecule has 3 aromatic rings. The predicted molar refractivity (Wildman–Crippen MR) is 141 cm³/mol. The predicted octanol–water partition coefficient (Wildman–Crippen LogP) is 2.63. The summed E-state index contributed by atoms with van der Waals surface area (Å²) in [5, 5.41) is 10.8. The molecule has 2 saturated carbocycles. The van der Waals surface area contributed by atoms with Crippen LogP contribution >= 0.6 is 8.18 Å². The zero-order chi connectivity index (χ0) is 27.7. The number of fused-ring (bicyclic) bond motifs is 1. The number of carbonyl (C=O) groups excluding carboxylic acids is 1. The Kier molecular flexibility index (Phi) is 7.76. The van der Waals surface area contributed by atoms with Crippen LogP contribution in [0.5, 0.6) is 5.75 Å². The minimum Gasteiger partial charge on any atom is -0.461 e. The fraction of sp³-hybridized carbons (Fsp3) is 0.440. The summed E-state index contributed by atoms with van der Waals surface area (Å²) < 4.78 is 26.1. The van der Waals surface area contributed by atoms with E-state index in [4.69, 9.17) is 19.8 Å². The molecule has 0 spiro atoms. The van der Waals surface area contributed by atoms with E-state index >= 15 is 0 Å². The van der Waals surface area contributed by atoms with Gasteiger partial charge < -0.3 is 25.0 Å². The number of nitrogens with two attached hydrogens (primary N) is 1. The van der Waals surface area contributed by atoms with Crippen molar-refractivity contribution in [1.82, 2.24) is 24.4 Å². The number of nitrogen functional groups attached to an aromatic ring is 1. The normalized spacial score (nSPS) is 22.6. The molecule has 0 radical (unpaired) electrons. The number of anilines is 1. The lowest BCUT2D eigenvalue weighted by molar-refractivity contribution is -0.164. The first-order valence-corrected chi connectivity index (χ1v) is 13.8. The third-order valence-electron chi connectivity index (χ3n) is 7.09. The van der Waals surface area contributed by atoms with Crippen molar-refractivity contribution in [3.63, 3.8) is 0 Å². The number of esters is 1. The maximum atomic E-state index is 13.3. The summed E-state index contributed by atoms with van der Waals surface area (Å²) in [5.74, 6) is -0.853. The van der Waals surface area contributed by atoms with Crippen molar-refractivity contribution in [3.05, 3.63) is 59.2 Å². The second kappa shape index (κ2) is 11.2. The number of H-pyrrole nitrogens is 1. The molecule has 5 atom stereocenters. The molecule has 2 aliphatic carbocycles. The minimum absolute atomic E-state index is 0.0567. The molecule has 14 heteroatoms. The Morgan fingerprint density at radius 3 is 2.79 bits per heavy atom. The number of nitrogens with one attached hydrogen (secondary N) is 1. The van der Waals surface area contributed by atoms with Gasteiger partial charge in [0.2, 0.25) is 5.95 Å². The Balaban J connectivity index is 1.29. The van der Waals surface area contributed by atoms with Gasteiger partial charge in [0.05, 0.1) is 18.5 Å². The van der Waals surface area contributed by atoms with Crippen LogP contribution in [0.25, 0.3) is 11.2 Å². The minimum atomic E-state index is -2.69. The number of hydrogen-bond acceptors (Lipinski definition) is 10. The summed E-state index contributed by atoms with van der Waals surface area (Å²) in [6.07, 6.45) is 3.26. The van der Waals surface area contributed by atoms with E-state index in [1.54, 1.807) is 34.9 Å². The molecule has 3 unspecified atom stereocenters. The number of para-hydroxylation sites is 1. The number of benzene rings is 1. The van der Waals surface area contributed by atoms with Crippen LogP contribution in [-0.2, 0) is 18.6 Å². The second-order valence-corrected chi connectivity index (χ2v) is 10.8. The van der Waals surface area contributed by atoms with Gasteiger partial charge in [0, 0.05) is 5.92 Å². The molecule has 2 fully saturated rings. The summed E-state index contributed by atoms with van der Waals surface area (Å²) >= 11 is 0. The first kappa shape index (κ1) is 26.9. The molecule has 0 bridgehead atoms. The van der Waals surface area contributed by atoms with E-state index in [0.717, 1.165) is 24.1 Å². The number of aliphatic hydroxyl groups is 1. The summed E-state index contributed by atoms with van der Waals surface area (Å²) in [6.45, 7) is 5.50. The standard InChI is InChI=1S/C25H29N6O7P/c1-14-18(20(32)11-19(14)30-13-27-21-22(30)28-25(26)29-23(21)33)12-36-39(35)31(38-17-7-4-3-5-8-17)15(2)24(34)37-16-9-6-10-16/h3-5,7-8,13,15-16,18-20,32H,1,6,9-12H2,2H3,(H2-,26,28,29,33)/p+1/t15?,18?,19-,20-/m0/s1. The van der Waals surface area contributed by atoms with Crippen molar-refractivity contribution < 1.29 is 28.6 Å². The molecule has 5 rings (SSSR count). The molecule has 0 amide bonds. The van der Waals surface area contributed by atoms with Crippen LogP contribution in [0.1, 0.15) is 38.6 Å². The molecule has 0 aliphatic heterocycles. The summed E-state index contributed by atoms with van der Waals surface area (Å²) in [5.41, 5.74) is 6.20. The van der Waals surface area contributed by atoms with E-state index in [0.29, 0.717) is 11.3 Å². The van der Waals surface area contributed by atoms with Gasteiger partial charge in [-0.15, -0.1) is 4.52 Å². The van der Waals surface area contributed by atoms with Gasteiger partial charge in [-0.05, 0) is 54.9 Å². The van der Waals surface area contributed by atoms with Crippen molar-refractivity contribution in [2.45, 2.75) is 56.9 Å². The number of carbonyl (C=O) groups is 1. The summed E-state index contributed by atoms with van der Waals surface area (Å²) in [7, 11) is -2.69. The van der Waals surface area contributed by atoms with Crippen LogP contribution in [0, 0.1) is 5.92 Å². The highest BCUT2D eigenvalue weighted by atomic mass is 31.1. The lowest BCUT2D eigenvalue weighted by atomic mass is 9.96. The Labute approximate surface area is 224 Å². The fourth-order valence-electron chi connectivity index (χ4n) is 4.61. The molecule has 2 aromatic heterocycles. The monoisotopic (exact) mass is 557 g/mol. The number of hydroxylamine groups is 1. The number of rotatable bonds is 10. The molecule has 2 aliphatic rings. The number of hydrogen-bond donors (Lipinski definition) is 3. The van der Waals surface area contributed by atoms with E-state index in [-0.39, 0.29) is 36.2 Å². The summed E-state index contributed by atoms with van der Waals surface area (Å²) in [6, 6.07) is 7.14. The molecular weight excluding hydrogens is 527 g/mol. The van der Waals surface area contributed by atoms with E-state index in [2.05, 4.69) is 21.5 Å². The van der Waals surface area contributed by atoms with Crippen LogP contribution in [0.3, 0.4) is 0 Å². The van der Waals surface area contributed by atoms with Gasteiger partial charge in [-0.3, -0.25) is 14.6 Å². The average Bonchev–Trinajstić information content (AvgIpc) is 3.43. The Morgan fingerprint density at radius 2 is 2.10 bits per heavy atom. The zero-order valence-electron chi connectivity index (χ0n) is 21.3. The SMILES string of the molecule is C=C1C(CO[P+](=O)N(Oc2ccccc2)C(C)C(=O)OC2CCC2)[C@@H](O)C[C@@H]1n1cnc2c(=O)[nH]c(N)nc21.